The summed E-state index contributed by atoms with van der Waals surface area (Å²) in [4.78, 5) is 35.8. The van der Waals surface area contributed by atoms with Crippen molar-refractivity contribution < 1.29 is 9.59 Å². The SMILES string of the molecule is CCCCn1c(SCC(=O)N[C@H](Cc2ccccc2)C(C)=O)n[nH]c1=O. The first-order chi connectivity index (χ1) is 12.5. The first kappa shape index (κ1) is 20.0. The van der Waals surface area contributed by atoms with Crippen LogP contribution in [0.5, 0.6) is 0 Å². The van der Waals surface area contributed by atoms with Gasteiger partial charge in [0.2, 0.25) is 5.91 Å². The average molecular weight is 376 g/mol. The third-order valence-electron chi connectivity index (χ3n) is 3.90. The molecule has 0 aliphatic heterocycles. The molecule has 1 aromatic heterocycles. The quantitative estimate of drug-likeness (QED) is 0.616. The molecule has 0 saturated heterocycles. The van der Waals surface area contributed by atoms with Gasteiger partial charge in [0.15, 0.2) is 10.9 Å². The van der Waals surface area contributed by atoms with Crippen LogP contribution in [0.1, 0.15) is 32.3 Å². The van der Waals surface area contributed by atoms with E-state index in [4.69, 9.17) is 0 Å². The fraction of sp³-hybridized carbons (Fsp3) is 0.444. The summed E-state index contributed by atoms with van der Waals surface area (Å²) in [6.45, 7) is 4.08. The maximum atomic E-state index is 12.2. The standard InChI is InChI=1S/C18H24N4O3S/c1-3-4-10-22-17(25)20-21-18(22)26-12-16(24)19-15(13(2)23)11-14-8-6-5-7-9-14/h5-9,15H,3-4,10-12H2,1-2H3,(H,19,24)(H,20,25)/t15-/m1/s1. The van der Waals surface area contributed by atoms with Crippen molar-refractivity contribution in [2.75, 3.05) is 5.75 Å². The monoisotopic (exact) mass is 376 g/mol. The Balaban J connectivity index is 1.92. The number of nitrogens with one attached hydrogen (secondary N) is 2. The molecule has 2 N–H and O–H groups in total. The first-order valence-electron chi connectivity index (χ1n) is 8.63. The molecule has 0 bridgehead atoms. The van der Waals surface area contributed by atoms with Crippen molar-refractivity contribution in [1.82, 2.24) is 20.1 Å². The van der Waals surface area contributed by atoms with Crippen LogP contribution in [-0.2, 0) is 22.6 Å². The summed E-state index contributed by atoms with van der Waals surface area (Å²) in [6, 6.07) is 8.99. The predicted molar refractivity (Wildman–Crippen MR) is 101 cm³/mol. The number of thioether (sulfide) groups is 1. The van der Waals surface area contributed by atoms with E-state index in [-0.39, 0.29) is 23.1 Å². The van der Waals surface area contributed by atoms with Gasteiger partial charge in [-0.15, -0.1) is 5.10 Å². The second kappa shape index (κ2) is 9.96. The zero-order chi connectivity index (χ0) is 18.9. The zero-order valence-corrected chi connectivity index (χ0v) is 15.8. The minimum absolute atomic E-state index is 0.0909. The van der Waals surface area contributed by atoms with Gasteiger partial charge in [-0.2, -0.15) is 0 Å². The Hall–Kier alpha value is -2.35. The highest BCUT2D eigenvalue weighted by Crippen LogP contribution is 2.13. The summed E-state index contributed by atoms with van der Waals surface area (Å²) < 4.78 is 1.54. The number of hydrogen-bond donors (Lipinski definition) is 2. The molecule has 140 valence electrons. The van der Waals surface area contributed by atoms with Gasteiger partial charge in [0.25, 0.3) is 0 Å². The maximum Gasteiger partial charge on any atom is 0.343 e. The van der Waals surface area contributed by atoms with Crippen LogP contribution in [-0.4, -0.2) is 38.2 Å². The smallest absolute Gasteiger partial charge is 0.343 e. The van der Waals surface area contributed by atoms with Gasteiger partial charge in [0.05, 0.1) is 11.8 Å². The number of H-pyrrole nitrogens is 1. The van der Waals surface area contributed by atoms with Gasteiger partial charge in [-0.3, -0.25) is 14.2 Å². The van der Waals surface area contributed by atoms with Crippen LogP contribution in [0.2, 0.25) is 0 Å². The number of benzene rings is 1. The number of carbonyl (C=O) groups excluding carboxylic acids is 2. The second-order valence-corrected chi connectivity index (χ2v) is 6.97. The van der Waals surface area contributed by atoms with Crippen molar-refractivity contribution in [3.63, 3.8) is 0 Å². The molecular weight excluding hydrogens is 352 g/mol. The molecule has 7 nitrogen and oxygen atoms in total. The van der Waals surface area contributed by atoms with Crippen LogP contribution in [0.25, 0.3) is 0 Å². The highest BCUT2D eigenvalue weighted by molar-refractivity contribution is 7.99. The van der Waals surface area contributed by atoms with E-state index in [1.807, 2.05) is 37.3 Å². The van der Waals surface area contributed by atoms with E-state index in [2.05, 4.69) is 15.5 Å². The Morgan fingerprint density at radius 3 is 2.69 bits per heavy atom. The Morgan fingerprint density at radius 2 is 2.04 bits per heavy atom. The van der Waals surface area contributed by atoms with Crippen LogP contribution < -0.4 is 11.0 Å². The lowest BCUT2D eigenvalue weighted by molar-refractivity contribution is -0.125. The number of hydrogen-bond acceptors (Lipinski definition) is 5. The van der Waals surface area contributed by atoms with Crippen molar-refractivity contribution in [2.45, 2.75) is 50.9 Å². The summed E-state index contributed by atoms with van der Waals surface area (Å²) in [5.41, 5.74) is 0.716. The Kier molecular flexibility index (Phi) is 7.65. The molecule has 26 heavy (non-hydrogen) atoms. The van der Waals surface area contributed by atoms with Gasteiger partial charge in [0, 0.05) is 6.54 Å². The molecule has 1 amide bonds. The lowest BCUT2D eigenvalue weighted by Crippen LogP contribution is -2.42. The molecule has 1 aromatic carbocycles. The molecule has 0 fully saturated rings. The summed E-state index contributed by atoms with van der Waals surface area (Å²) in [5.74, 6) is -0.259. The summed E-state index contributed by atoms with van der Waals surface area (Å²) in [5, 5.41) is 9.63. The minimum atomic E-state index is -0.563. The molecule has 1 heterocycles. The lowest BCUT2D eigenvalue weighted by atomic mass is 10.0. The van der Waals surface area contributed by atoms with Gasteiger partial charge in [-0.1, -0.05) is 55.4 Å². The number of aromatic amines is 1. The highest BCUT2D eigenvalue weighted by atomic mass is 32.2. The van der Waals surface area contributed by atoms with E-state index in [0.717, 1.165) is 18.4 Å². The molecule has 0 saturated carbocycles. The Morgan fingerprint density at radius 1 is 1.31 bits per heavy atom. The zero-order valence-electron chi connectivity index (χ0n) is 15.0. The summed E-state index contributed by atoms with van der Waals surface area (Å²) in [7, 11) is 0. The van der Waals surface area contributed by atoms with Gasteiger partial charge < -0.3 is 5.32 Å². The van der Waals surface area contributed by atoms with Crippen LogP contribution in [0, 0.1) is 0 Å². The first-order valence-corrected chi connectivity index (χ1v) is 9.61. The van der Waals surface area contributed by atoms with Crippen LogP contribution >= 0.6 is 11.8 Å². The van der Waals surface area contributed by atoms with Crippen molar-refractivity contribution in [3.05, 3.63) is 46.4 Å². The van der Waals surface area contributed by atoms with Crippen LogP contribution in [0.3, 0.4) is 0 Å². The third-order valence-corrected chi connectivity index (χ3v) is 4.88. The molecule has 2 rings (SSSR count). The number of unbranched alkanes of at least 4 members (excludes halogenated alkanes) is 1. The number of carbonyl (C=O) groups is 2. The molecule has 0 aliphatic rings. The molecule has 0 spiro atoms. The highest BCUT2D eigenvalue weighted by Gasteiger charge is 2.18. The van der Waals surface area contributed by atoms with Gasteiger partial charge in [-0.25, -0.2) is 9.89 Å². The van der Waals surface area contributed by atoms with Crippen molar-refractivity contribution >= 4 is 23.5 Å². The lowest BCUT2D eigenvalue weighted by Gasteiger charge is -2.16. The van der Waals surface area contributed by atoms with Crippen molar-refractivity contribution in [3.8, 4) is 0 Å². The van der Waals surface area contributed by atoms with E-state index >= 15 is 0 Å². The number of amides is 1. The van der Waals surface area contributed by atoms with Crippen molar-refractivity contribution in [2.24, 2.45) is 0 Å². The van der Waals surface area contributed by atoms with Gasteiger partial charge >= 0.3 is 5.69 Å². The summed E-state index contributed by atoms with van der Waals surface area (Å²) >= 11 is 1.18. The third kappa shape index (κ3) is 5.87. The second-order valence-electron chi connectivity index (χ2n) is 6.03. The van der Waals surface area contributed by atoms with Crippen molar-refractivity contribution in [1.29, 1.82) is 0 Å². The number of rotatable bonds is 10. The fourth-order valence-electron chi connectivity index (χ4n) is 2.44. The Bertz CT molecular complexity index is 785. The average Bonchev–Trinajstić information content (AvgIpc) is 2.98. The normalized spacial score (nSPS) is 11.9. The number of Topliss-reactive ketones (excluding diaryl/α,β-unsaturated/α-hetero) is 1. The van der Waals surface area contributed by atoms with Crippen LogP contribution in [0.4, 0.5) is 0 Å². The predicted octanol–water partition coefficient (Wildman–Crippen LogP) is 1.78. The summed E-state index contributed by atoms with van der Waals surface area (Å²) in [6.07, 6.45) is 2.28. The maximum absolute atomic E-state index is 12.2. The van der Waals surface area contributed by atoms with E-state index in [0.29, 0.717) is 18.1 Å². The van der Waals surface area contributed by atoms with E-state index in [1.54, 1.807) is 0 Å². The molecule has 1 atom stereocenters. The fourth-order valence-corrected chi connectivity index (χ4v) is 3.22. The van der Waals surface area contributed by atoms with Crippen LogP contribution in [0.15, 0.2) is 40.3 Å². The van der Waals surface area contributed by atoms with E-state index < -0.39 is 6.04 Å². The number of aromatic nitrogens is 3. The van der Waals surface area contributed by atoms with Gasteiger partial charge in [0.1, 0.15) is 0 Å². The molecule has 0 radical (unpaired) electrons. The topological polar surface area (TPSA) is 96.8 Å². The largest absolute Gasteiger partial charge is 0.345 e. The molecule has 0 aliphatic carbocycles. The number of ketones is 1. The Labute approximate surface area is 156 Å². The van der Waals surface area contributed by atoms with E-state index in [1.165, 1.54) is 23.3 Å². The van der Waals surface area contributed by atoms with Gasteiger partial charge in [-0.05, 0) is 25.3 Å². The minimum Gasteiger partial charge on any atom is -0.345 e. The molecule has 8 heteroatoms. The van der Waals surface area contributed by atoms with E-state index in [9.17, 15) is 14.4 Å². The molecule has 0 unspecified atom stereocenters. The number of nitrogens with zero attached hydrogens (tertiary/aromatic N) is 2. The molecule has 2 aromatic rings. The molecular formula is C18H24N4O3S.